The molecule has 80 valence electrons. The molecule has 1 aromatic heterocycles. The van der Waals surface area contributed by atoms with Gasteiger partial charge in [0.15, 0.2) is 6.20 Å². The van der Waals surface area contributed by atoms with Crippen LogP contribution in [0.3, 0.4) is 0 Å². The van der Waals surface area contributed by atoms with Gasteiger partial charge >= 0.3 is 5.88 Å². The van der Waals surface area contributed by atoms with E-state index in [0.29, 0.717) is 4.73 Å². The highest BCUT2D eigenvalue weighted by molar-refractivity contribution is 5.41. The highest BCUT2D eigenvalue weighted by Gasteiger charge is 2.30. The summed E-state index contributed by atoms with van der Waals surface area (Å²) >= 11 is 0. The van der Waals surface area contributed by atoms with Crippen molar-refractivity contribution in [3.8, 4) is 5.88 Å². The average Bonchev–Trinajstić information content (AvgIpc) is 2.95. The predicted octanol–water partition coefficient (Wildman–Crippen LogP) is 1.08. The molecule has 0 unspecified atom stereocenters. The number of hydrogen-bond donors (Lipinski definition) is 0. The van der Waals surface area contributed by atoms with Crippen molar-refractivity contribution < 1.29 is 14.4 Å². The van der Waals surface area contributed by atoms with Crippen molar-refractivity contribution in [1.29, 1.82) is 0 Å². The quantitative estimate of drug-likeness (QED) is 0.323. The van der Waals surface area contributed by atoms with Crippen LogP contribution < -0.4 is 9.47 Å². The zero-order valence-corrected chi connectivity index (χ0v) is 8.17. The van der Waals surface area contributed by atoms with Gasteiger partial charge in [-0.1, -0.05) is 0 Å². The van der Waals surface area contributed by atoms with Gasteiger partial charge in [-0.15, -0.1) is 4.73 Å². The standard InChI is InChI=1S/C9H10N2O4/c1-6-8(11(13)14)4-5-10(12)9(6)15-7-2-3-7/h4-5,7H,2-3H2,1H3. The normalized spacial score (nSPS) is 15.0. The van der Waals surface area contributed by atoms with Gasteiger partial charge in [-0.25, -0.2) is 0 Å². The van der Waals surface area contributed by atoms with Crippen molar-refractivity contribution in [2.45, 2.75) is 25.9 Å². The lowest BCUT2D eigenvalue weighted by Crippen LogP contribution is -2.30. The summed E-state index contributed by atoms with van der Waals surface area (Å²) in [6.45, 7) is 1.52. The second-order valence-corrected chi connectivity index (χ2v) is 3.53. The van der Waals surface area contributed by atoms with E-state index >= 15 is 0 Å². The third-order valence-electron chi connectivity index (χ3n) is 2.27. The first kappa shape index (κ1) is 9.70. The molecule has 6 nitrogen and oxygen atoms in total. The van der Waals surface area contributed by atoms with E-state index in [0.717, 1.165) is 19.0 Å². The van der Waals surface area contributed by atoms with E-state index in [9.17, 15) is 15.3 Å². The number of hydrogen-bond acceptors (Lipinski definition) is 4. The fraction of sp³-hybridized carbons (Fsp3) is 0.444. The van der Waals surface area contributed by atoms with Crippen molar-refractivity contribution in [2.75, 3.05) is 0 Å². The molecule has 2 rings (SSSR count). The van der Waals surface area contributed by atoms with Gasteiger partial charge in [0, 0.05) is 0 Å². The zero-order chi connectivity index (χ0) is 11.0. The van der Waals surface area contributed by atoms with Crippen molar-refractivity contribution >= 4 is 5.69 Å². The summed E-state index contributed by atoms with van der Waals surface area (Å²) in [6, 6.07) is 1.18. The minimum atomic E-state index is -0.519. The third kappa shape index (κ3) is 1.83. The molecule has 1 aliphatic carbocycles. The van der Waals surface area contributed by atoms with Gasteiger partial charge in [-0.05, 0) is 19.8 Å². The van der Waals surface area contributed by atoms with E-state index in [2.05, 4.69) is 0 Å². The first-order valence-electron chi connectivity index (χ1n) is 4.63. The molecule has 0 saturated heterocycles. The lowest BCUT2D eigenvalue weighted by atomic mass is 10.2. The van der Waals surface area contributed by atoms with Gasteiger partial charge < -0.3 is 9.94 Å². The Kier molecular flexibility index (Phi) is 2.18. The lowest BCUT2D eigenvalue weighted by molar-refractivity contribution is -0.614. The summed E-state index contributed by atoms with van der Waals surface area (Å²) in [5.41, 5.74) is 0.196. The molecule has 1 fully saturated rings. The average molecular weight is 210 g/mol. The Balaban J connectivity index is 2.40. The molecular weight excluding hydrogens is 200 g/mol. The summed E-state index contributed by atoms with van der Waals surface area (Å²) in [4.78, 5) is 10.1. The molecule has 0 bridgehead atoms. The summed E-state index contributed by atoms with van der Waals surface area (Å²) in [6.07, 6.45) is 2.96. The molecule has 0 aromatic carbocycles. The molecule has 1 aliphatic rings. The molecule has 0 atom stereocenters. The Labute approximate surface area is 85.8 Å². The monoisotopic (exact) mass is 210 g/mol. The minimum absolute atomic E-state index is 0.0471. The highest BCUT2D eigenvalue weighted by Crippen LogP contribution is 2.29. The maximum Gasteiger partial charge on any atom is 0.389 e. The first-order chi connectivity index (χ1) is 7.09. The maximum absolute atomic E-state index is 11.3. The Hall–Kier alpha value is -1.85. The van der Waals surface area contributed by atoms with Crippen LogP contribution in [0.5, 0.6) is 5.88 Å². The van der Waals surface area contributed by atoms with Crippen molar-refractivity contribution in [1.82, 2.24) is 0 Å². The Morgan fingerprint density at radius 3 is 2.80 bits per heavy atom. The smallest absolute Gasteiger partial charge is 0.389 e. The number of rotatable bonds is 3. The molecule has 1 aromatic rings. The lowest BCUT2D eigenvalue weighted by Gasteiger charge is -2.07. The zero-order valence-electron chi connectivity index (χ0n) is 8.17. The summed E-state index contributed by atoms with van der Waals surface area (Å²) in [7, 11) is 0. The van der Waals surface area contributed by atoms with Crippen LogP contribution in [0.2, 0.25) is 0 Å². The molecule has 0 radical (unpaired) electrons. The molecule has 6 heteroatoms. The fourth-order valence-corrected chi connectivity index (χ4v) is 1.29. The SMILES string of the molecule is Cc1c([N+](=O)[O-])cc[n+]([O-])c1OC1CC1. The molecule has 15 heavy (non-hydrogen) atoms. The number of nitrogens with zero attached hydrogens (tertiary/aromatic N) is 2. The largest absolute Gasteiger partial charge is 0.616 e. The molecule has 1 heterocycles. The van der Waals surface area contributed by atoms with Crippen LogP contribution in [0.25, 0.3) is 0 Å². The predicted molar refractivity (Wildman–Crippen MR) is 50.4 cm³/mol. The fourth-order valence-electron chi connectivity index (χ4n) is 1.29. The van der Waals surface area contributed by atoms with E-state index in [1.807, 2.05) is 0 Å². The number of pyridine rings is 1. The van der Waals surface area contributed by atoms with E-state index in [1.54, 1.807) is 0 Å². The highest BCUT2D eigenvalue weighted by atomic mass is 16.6. The van der Waals surface area contributed by atoms with Gasteiger partial charge in [-0.2, -0.15) is 0 Å². The minimum Gasteiger partial charge on any atom is -0.616 e. The maximum atomic E-state index is 11.3. The van der Waals surface area contributed by atoms with Gasteiger partial charge in [0.05, 0.1) is 11.0 Å². The van der Waals surface area contributed by atoms with E-state index in [-0.39, 0.29) is 23.2 Å². The van der Waals surface area contributed by atoms with Crippen LogP contribution in [-0.4, -0.2) is 11.0 Å². The van der Waals surface area contributed by atoms with Crippen LogP contribution in [0.15, 0.2) is 12.3 Å². The molecule has 0 aliphatic heterocycles. The molecular formula is C9H10N2O4. The van der Waals surface area contributed by atoms with Crippen LogP contribution >= 0.6 is 0 Å². The first-order valence-corrected chi connectivity index (χ1v) is 4.63. The van der Waals surface area contributed by atoms with E-state index < -0.39 is 4.92 Å². The summed E-state index contributed by atoms with van der Waals surface area (Å²) in [5.74, 6) is 0.0479. The second kappa shape index (κ2) is 3.38. The van der Waals surface area contributed by atoms with E-state index in [4.69, 9.17) is 4.74 Å². The number of nitro groups is 1. The van der Waals surface area contributed by atoms with Crippen LogP contribution in [0, 0.1) is 22.2 Å². The molecule has 0 spiro atoms. The third-order valence-corrected chi connectivity index (χ3v) is 2.27. The molecule has 0 amide bonds. The van der Waals surface area contributed by atoms with Crippen LogP contribution in [0.4, 0.5) is 5.69 Å². The topological polar surface area (TPSA) is 79.3 Å². The second-order valence-electron chi connectivity index (χ2n) is 3.53. The van der Waals surface area contributed by atoms with Crippen molar-refractivity contribution in [2.24, 2.45) is 0 Å². The van der Waals surface area contributed by atoms with Gasteiger partial charge in [0.25, 0.3) is 5.69 Å². The van der Waals surface area contributed by atoms with Gasteiger partial charge in [-0.3, -0.25) is 10.1 Å². The van der Waals surface area contributed by atoms with E-state index in [1.165, 1.54) is 13.0 Å². The number of ether oxygens (including phenoxy) is 1. The number of aromatic nitrogens is 1. The Morgan fingerprint density at radius 2 is 2.27 bits per heavy atom. The van der Waals surface area contributed by atoms with Crippen LogP contribution in [-0.2, 0) is 0 Å². The Morgan fingerprint density at radius 1 is 1.60 bits per heavy atom. The van der Waals surface area contributed by atoms with Crippen molar-refractivity contribution in [3.05, 3.63) is 33.1 Å². The Bertz CT molecular complexity index is 415. The van der Waals surface area contributed by atoms with Crippen LogP contribution in [0.1, 0.15) is 18.4 Å². The van der Waals surface area contributed by atoms with Gasteiger partial charge in [0.2, 0.25) is 0 Å². The van der Waals surface area contributed by atoms with Crippen molar-refractivity contribution in [3.63, 3.8) is 0 Å². The molecule has 0 N–H and O–H groups in total. The summed E-state index contributed by atoms with van der Waals surface area (Å²) < 4.78 is 5.85. The van der Waals surface area contributed by atoms with Gasteiger partial charge in [0.1, 0.15) is 11.7 Å². The molecule has 1 saturated carbocycles. The summed E-state index contributed by atoms with van der Waals surface area (Å²) in [5, 5.41) is 22.0.